The highest BCUT2D eigenvalue weighted by Gasteiger charge is 2.31. The first-order valence-electron chi connectivity index (χ1n) is 12.0. The van der Waals surface area contributed by atoms with Gasteiger partial charge in [-0.2, -0.15) is 0 Å². The smallest absolute Gasteiger partial charge is 0.305 e. The topological polar surface area (TPSA) is 230 Å². The lowest BCUT2D eigenvalue weighted by atomic mass is 10.0. The Morgan fingerprint density at radius 1 is 0.974 bits per heavy atom. The van der Waals surface area contributed by atoms with E-state index in [1.54, 1.807) is 18.5 Å². The number of rotatable bonds is 15. The molecule has 0 bridgehead atoms. The van der Waals surface area contributed by atoms with Gasteiger partial charge in [0.2, 0.25) is 35.8 Å². The Hall–Kier alpha value is -4.75. The molecule has 2 rings (SSSR count). The first-order chi connectivity index (χ1) is 18.4. The summed E-state index contributed by atoms with van der Waals surface area (Å²) in [5.41, 5.74) is 6.68. The molecule has 1 aromatic carbocycles. The normalized spacial score (nSPS) is 13.8. The largest absolute Gasteiger partial charge is 0.481 e. The van der Waals surface area contributed by atoms with Crippen LogP contribution in [0.3, 0.4) is 0 Å². The van der Waals surface area contributed by atoms with E-state index < -0.39 is 66.1 Å². The molecular formula is C25H31N6O8. The van der Waals surface area contributed by atoms with Crippen LogP contribution in [-0.4, -0.2) is 76.0 Å². The van der Waals surface area contributed by atoms with Crippen molar-refractivity contribution in [2.24, 2.45) is 5.73 Å². The number of aliphatic carboxylic acids is 1. The summed E-state index contributed by atoms with van der Waals surface area (Å²) < 4.78 is 0. The summed E-state index contributed by atoms with van der Waals surface area (Å²) in [4.78, 5) is 86.9. The Morgan fingerprint density at radius 2 is 1.62 bits per heavy atom. The number of nitrogens with one attached hydrogen (secondary N) is 5. The van der Waals surface area contributed by atoms with Gasteiger partial charge in [0.05, 0.1) is 12.5 Å². The molecular weight excluding hydrogens is 512 g/mol. The maximum Gasteiger partial charge on any atom is 0.305 e. The molecule has 2 aromatic rings. The number of fused-ring (bicyclic) bond motifs is 1. The summed E-state index contributed by atoms with van der Waals surface area (Å²) >= 11 is 0. The van der Waals surface area contributed by atoms with E-state index in [1.165, 1.54) is 13.8 Å². The lowest BCUT2D eigenvalue weighted by Crippen LogP contribution is -2.57. The second-order valence-corrected chi connectivity index (χ2v) is 8.89. The molecule has 0 aliphatic heterocycles. The van der Waals surface area contributed by atoms with Crippen LogP contribution in [-0.2, 0) is 40.0 Å². The van der Waals surface area contributed by atoms with Gasteiger partial charge in [-0.3, -0.25) is 33.6 Å². The van der Waals surface area contributed by atoms with Crippen LogP contribution in [0.2, 0.25) is 0 Å². The SMILES string of the molecule is CC(=O)N[C@@H](C)C(=O)N[C@@H](CCC(N)=O)C(=O)N[C@@H](CC(=O)O)C(=O)N[C@H]([C]=O)Cc1c[nH]c2ccccc12. The number of amides is 5. The highest BCUT2D eigenvalue weighted by Crippen LogP contribution is 2.19. The number of carbonyl (C=O) groups is 6. The van der Waals surface area contributed by atoms with E-state index in [0.29, 0.717) is 5.56 Å². The number of carboxylic acids is 1. The zero-order chi connectivity index (χ0) is 29.1. The standard InChI is InChI=1S/C25H31N6O8/c1-13(28-14(2)33)23(37)30-19(7-8-21(26)34)24(38)31-20(10-22(35)36)25(39)29-16(12-32)9-15-11-27-18-6-4-3-5-17(15)18/h3-6,11,13,16,19-20,27H,7-10H2,1-2H3,(H2,26,34)(H,28,33)(H,29,39)(H,30,37)(H,31,38)(H,35,36)/t13-,16-,19-,20-/m0/s1. The number of H-pyrrole nitrogens is 1. The maximum atomic E-state index is 13.0. The van der Waals surface area contributed by atoms with Gasteiger partial charge in [0.25, 0.3) is 0 Å². The van der Waals surface area contributed by atoms with Gasteiger partial charge in [-0.05, 0) is 25.0 Å². The third kappa shape index (κ3) is 9.57. The Kier molecular flexibility index (Phi) is 11.1. The molecule has 8 N–H and O–H groups in total. The summed E-state index contributed by atoms with van der Waals surface area (Å²) in [7, 11) is 0. The van der Waals surface area contributed by atoms with Crippen molar-refractivity contribution in [3.63, 3.8) is 0 Å². The molecule has 0 saturated heterocycles. The van der Waals surface area contributed by atoms with Gasteiger partial charge in [-0.1, -0.05) is 18.2 Å². The fourth-order valence-corrected chi connectivity index (χ4v) is 3.79. The number of carboxylic acid groups (broad SMARTS) is 1. The molecule has 0 fully saturated rings. The minimum atomic E-state index is -1.63. The molecule has 39 heavy (non-hydrogen) atoms. The average molecular weight is 544 g/mol. The number of nitrogens with two attached hydrogens (primary N) is 1. The molecule has 0 aliphatic carbocycles. The van der Waals surface area contributed by atoms with Crippen molar-refractivity contribution in [2.45, 2.75) is 63.7 Å². The number of carbonyl (C=O) groups excluding carboxylic acids is 6. The van der Waals surface area contributed by atoms with Gasteiger partial charge >= 0.3 is 5.97 Å². The zero-order valence-electron chi connectivity index (χ0n) is 21.4. The van der Waals surface area contributed by atoms with Crippen LogP contribution in [0.4, 0.5) is 0 Å². The molecule has 0 aliphatic rings. The second-order valence-electron chi connectivity index (χ2n) is 8.89. The minimum absolute atomic E-state index is 0.0469. The number of hydrogen-bond donors (Lipinski definition) is 7. The van der Waals surface area contributed by atoms with Crippen molar-refractivity contribution in [1.82, 2.24) is 26.3 Å². The predicted octanol–water partition coefficient (Wildman–Crippen LogP) is -1.46. The molecule has 4 atom stereocenters. The highest BCUT2D eigenvalue weighted by molar-refractivity contribution is 5.96. The second kappa shape index (κ2) is 14.3. The maximum absolute atomic E-state index is 13.0. The quantitative estimate of drug-likeness (QED) is 0.140. The molecule has 1 aromatic heterocycles. The first-order valence-corrected chi connectivity index (χ1v) is 12.0. The zero-order valence-corrected chi connectivity index (χ0v) is 21.4. The van der Waals surface area contributed by atoms with Crippen molar-refractivity contribution in [3.8, 4) is 0 Å². The molecule has 209 valence electrons. The lowest BCUT2D eigenvalue weighted by Gasteiger charge is -2.24. The highest BCUT2D eigenvalue weighted by atomic mass is 16.4. The van der Waals surface area contributed by atoms with E-state index in [4.69, 9.17) is 5.73 Å². The monoisotopic (exact) mass is 543 g/mol. The van der Waals surface area contributed by atoms with Crippen LogP contribution in [0, 0.1) is 0 Å². The van der Waals surface area contributed by atoms with Crippen molar-refractivity contribution < 1.29 is 38.7 Å². The molecule has 5 amide bonds. The van der Waals surface area contributed by atoms with Crippen LogP contribution >= 0.6 is 0 Å². The molecule has 14 heteroatoms. The molecule has 14 nitrogen and oxygen atoms in total. The first kappa shape index (κ1) is 30.5. The minimum Gasteiger partial charge on any atom is -0.481 e. The molecule has 0 spiro atoms. The van der Waals surface area contributed by atoms with Gasteiger partial charge in [0.1, 0.15) is 18.1 Å². The van der Waals surface area contributed by atoms with Crippen molar-refractivity contribution in [3.05, 3.63) is 36.0 Å². The van der Waals surface area contributed by atoms with E-state index in [9.17, 15) is 38.7 Å². The summed E-state index contributed by atoms with van der Waals surface area (Å²) in [6, 6.07) is 2.09. The van der Waals surface area contributed by atoms with Crippen LogP contribution in [0.25, 0.3) is 10.9 Å². The lowest BCUT2D eigenvalue weighted by molar-refractivity contribution is -0.141. The molecule has 0 unspecified atom stereocenters. The Bertz CT molecular complexity index is 1240. The van der Waals surface area contributed by atoms with Crippen LogP contribution in [0.15, 0.2) is 30.5 Å². The van der Waals surface area contributed by atoms with E-state index in [2.05, 4.69) is 26.3 Å². The number of benzene rings is 1. The molecule has 1 heterocycles. The van der Waals surface area contributed by atoms with Gasteiger partial charge in [0, 0.05) is 36.9 Å². The summed E-state index contributed by atoms with van der Waals surface area (Å²) in [5.74, 6) is -5.38. The number of aromatic nitrogens is 1. The number of para-hydroxylation sites is 1. The van der Waals surface area contributed by atoms with E-state index in [-0.39, 0.29) is 19.3 Å². The Labute approximate surface area is 223 Å². The van der Waals surface area contributed by atoms with Gasteiger partial charge in [-0.25, -0.2) is 0 Å². The Morgan fingerprint density at radius 3 is 2.23 bits per heavy atom. The summed E-state index contributed by atoms with van der Waals surface area (Å²) in [6.07, 6.45) is 2.02. The Balaban J connectivity index is 2.15. The van der Waals surface area contributed by atoms with E-state index in [0.717, 1.165) is 10.9 Å². The van der Waals surface area contributed by atoms with Crippen molar-refractivity contribution >= 4 is 52.7 Å². The number of aromatic amines is 1. The van der Waals surface area contributed by atoms with E-state index >= 15 is 0 Å². The van der Waals surface area contributed by atoms with Crippen molar-refractivity contribution in [1.29, 1.82) is 0 Å². The predicted molar refractivity (Wildman–Crippen MR) is 137 cm³/mol. The van der Waals surface area contributed by atoms with Crippen LogP contribution in [0.1, 0.15) is 38.7 Å². The van der Waals surface area contributed by atoms with Crippen LogP contribution < -0.4 is 27.0 Å². The van der Waals surface area contributed by atoms with Crippen molar-refractivity contribution in [2.75, 3.05) is 0 Å². The third-order valence-corrected chi connectivity index (χ3v) is 5.69. The van der Waals surface area contributed by atoms with Gasteiger partial charge in [-0.15, -0.1) is 0 Å². The van der Waals surface area contributed by atoms with Crippen LogP contribution in [0.5, 0.6) is 0 Å². The van der Waals surface area contributed by atoms with Gasteiger partial charge < -0.3 is 37.1 Å². The molecule has 1 radical (unpaired) electrons. The summed E-state index contributed by atoms with van der Waals surface area (Å²) in [6.45, 7) is 2.56. The fraction of sp³-hybridized carbons (Fsp3) is 0.400. The summed E-state index contributed by atoms with van der Waals surface area (Å²) in [5, 5.41) is 19.5. The van der Waals surface area contributed by atoms with E-state index in [1.807, 2.05) is 18.2 Å². The third-order valence-electron chi connectivity index (χ3n) is 5.69. The number of hydrogen-bond acceptors (Lipinski definition) is 7. The number of primary amides is 1. The fourth-order valence-electron chi connectivity index (χ4n) is 3.79. The molecule has 0 saturated carbocycles. The average Bonchev–Trinajstić information content (AvgIpc) is 3.27. The van der Waals surface area contributed by atoms with Gasteiger partial charge in [0.15, 0.2) is 0 Å².